The zero-order valence-electron chi connectivity index (χ0n) is 25.8. The van der Waals surface area contributed by atoms with E-state index in [1.165, 1.54) is 0 Å². The molecule has 0 aromatic carbocycles. The minimum Gasteiger partial charge on any atom is -0.394 e. The second-order valence-electron chi connectivity index (χ2n) is 11.1. The molecular weight excluding hydrogens is 590 g/mol. The Morgan fingerprint density at radius 1 is 0.778 bits per heavy atom. The molecule has 0 aliphatic carbocycles. The monoisotopic (exact) mass is 641 g/mol. The molecule has 2 rings (SSSR count). The Hall–Kier alpha value is -2.80. The Bertz CT molecular complexity index is 1010. The van der Waals surface area contributed by atoms with Gasteiger partial charge in [-0.25, -0.2) is 0 Å². The Morgan fingerprint density at radius 2 is 1.29 bits per heavy atom. The number of nitrogens with zero attached hydrogens (tertiary/aromatic N) is 2. The van der Waals surface area contributed by atoms with Crippen LogP contribution in [0.4, 0.5) is 0 Å². The molecule has 45 heavy (non-hydrogen) atoms. The van der Waals surface area contributed by atoms with Crippen LogP contribution in [0, 0.1) is 0 Å². The first kappa shape index (κ1) is 38.4. The van der Waals surface area contributed by atoms with Crippen LogP contribution in [0.2, 0.25) is 0 Å². The Kier molecular flexibility index (Phi) is 18.0. The Morgan fingerprint density at radius 3 is 1.82 bits per heavy atom. The molecular formula is C29H51N7O9. The average Bonchev–Trinajstić information content (AvgIpc) is 3.05. The van der Waals surface area contributed by atoms with Crippen molar-refractivity contribution >= 4 is 17.7 Å². The molecule has 1 aliphatic rings. The van der Waals surface area contributed by atoms with Crippen LogP contribution in [0.15, 0.2) is 18.2 Å². The number of hydrogen-bond donors (Lipinski definition) is 11. The molecule has 3 unspecified atom stereocenters. The molecule has 11 N–H and O–H groups in total. The Balaban J connectivity index is 2.48. The third-order valence-electron chi connectivity index (χ3n) is 7.61. The number of aromatic nitrogens is 1. The fraction of sp³-hybridized carbons (Fsp3) is 0.724. The van der Waals surface area contributed by atoms with E-state index in [1.54, 1.807) is 0 Å². The minimum atomic E-state index is -1.11. The van der Waals surface area contributed by atoms with Crippen molar-refractivity contribution in [2.24, 2.45) is 0 Å². The van der Waals surface area contributed by atoms with Crippen LogP contribution in [-0.2, 0) is 26.5 Å². The largest absolute Gasteiger partial charge is 0.394 e. The van der Waals surface area contributed by atoms with Crippen LogP contribution in [-0.4, -0.2) is 149 Å². The molecule has 1 aliphatic heterocycles. The molecule has 256 valence electrons. The number of aliphatic hydroxyl groups excluding tert-OH is 6. The summed E-state index contributed by atoms with van der Waals surface area (Å²) in [7, 11) is 0. The van der Waals surface area contributed by atoms with Gasteiger partial charge in [0.1, 0.15) is 0 Å². The first-order chi connectivity index (χ1) is 21.6. The van der Waals surface area contributed by atoms with Crippen molar-refractivity contribution in [1.82, 2.24) is 36.5 Å². The molecule has 2 bridgehead atoms. The molecule has 1 aromatic heterocycles. The molecule has 16 heteroatoms. The van der Waals surface area contributed by atoms with Crippen molar-refractivity contribution in [2.45, 2.75) is 62.5 Å². The lowest BCUT2D eigenvalue weighted by atomic mass is 9.81. The molecule has 0 saturated carbocycles. The van der Waals surface area contributed by atoms with Crippen LogP contribution < -0.4 is 26.6 Å². The minimum absolute atomic E-state index is 0.0188. The van der Waals surface area contributed by atoms with Crippen LogP contribution in [0.1, 0.15) is 43.5 Å². The quantitative estimate of drug-likeness (QED) is 0.0726. The number of carbonyl (C=O) groups excluding carboxylic acids is 3. The molecule has 0 spiro atoms. The van der Waals surface area contributed by atoms with Crippen LogP contribution in [0.3, 0.4) is 0 Å². The summed E-state index contributed by atoms with van der Waals surface area (Å²) in [6.07, 6.45) is -2.96. The van der Waals surface area contributed by atoms with E-state index in [1.807, 2.05) is 23.1 Å². The summed E-state index contributed by atoms with van der Waals surface area (Å²) in [6, 6.07) is 5.56. The third-order valence-corrected chi connectivity index (χ3v) is 7.61. The number of carbonyl (C=O) groups is 3. The second kappa shape index (κ2) is 21.1. The van der Waals surface area contributed by atoms with Gasteiger partial charge in [0.25, 0.3) is 0 Å². The first-order valence-corrected chi connectivity index (χ1v) is 15.4. The molecule has 0 saturated heterocycles. The summed E-state index contributed by atoms with van der Waals surface area (Å²) >= 11 is 0. The number of fused-ring (bicyclic) bond motifs is 2. The van der Waals surface area contributed by atoms with Crippen molar-refractivity contribution in [3.63, 3.8) is 0 Å². The summed E-state index contributed by atoms with van der Waals surface area (Å²) in [5, 5.41) is 71.0. The van der Waals surface area contributed by atoms with Gasteiger partial charge < -0.3 is 57.2 Å². The molecule has 2 heterocycles. The van der Waals surface area contributed by atoms with Gasteiger partial charge in [-0.3, -0.25) is 24.3 Å². The summed E-state index contributed by atoms with van der Waals surface area (Å²) < 4.78 is 0. The molecule has 1 aromatic rings. The number of nitrogens with one attached hydrogen (secondary N) is 5. The predicted molar refractivity (Wildman–Crippen MR) is 163 cm³/mol. The van der Waals surface area contributed by atoms with Crippen molar-refractivity contribution in [3.8, 4) is 0 Å². The highest BCUT2D eigenvalue weighted by molar-refractivity contribution is 5.77. The first-order valence-electron chi connectivity index (χ1n) is 15.4. The van der Waals surface area contributed by atoms with Gasteiger partial charge in [-0.1, -0.05) is 6.07 Å². The van der Waals surface area contributed by atoms with Crippen LogP contribution in [0.25, 0.3) is 0 Å². The summed E-state index contributed by atoms with van der Waals surface area (Å²) in [5.41, 5.74) is 0.325. The Labute approximate surface area is 263 Å². The molecule has 0 radical (unpaired) electrons. The highest BCUT2D eigenvalue weighted by atomic mass is 16.3. The lowest BCUT2D eigenvalue weighted by Crippen LogP contribution is -2.52. The normalized spacial score (nSPS) is 19.8. The highest BCUT2D eigenvalue weighted by Crippen LogP contribution is 2.37. The fourth-order valence-corrected chi connectivity index (χ4v) is 5.00. The van der Waals surface area contributed by atoms with E-state index in [0.717, 1.165) is 5.69 Å². The SMILES string of the molecule is O=C(CCN1CCNCCNCc2cccc(n2)C1(CCC(=O)NCC(O)CO)CCC(=O)NCC(O)CO)NCC(O)CO. The summed E-state index contributed by atoms with van der Waals surface area (Å²) in [5.74, 6) is -1.11. The molecule has 3 atom stereocenters. The van der Waals surface area contributed by atoms with Crippen LogP contribution in [0.5, 0.6) is 0 Å². The van der Waals surface area contributed by atoms with Crippen molar-refractivity contribution < 1.29 is 45.0 Å². The fourth-order valence-electron chi connectivity index (χ4n) is 5.00. The number of pyridine rings is 1. The van der Waals surface area contributed by atoms with Gasteiger partial charge in [0.05, 0.1) is 55.1 Å². The van der Waals surface area contributed by atoms with Gasteiger partial charge in [-0.15, -0.1) is 0 Å². The van der Waals surface area contributed by atoms with Gasteiger partial charge in [0.2, 0.25) is 17.7 Å². The zero-order valence-corrected chi connectivity index (χ0v) is 25.8. The number of aliphatic hydroxyl groups is 6. The summed E-state index contributed by atoms with van der Waals surface area (Å²) in [6.45, 7) is 1.13. The van der Waals surface area contributed by atoms with E-state index in [9.17, 15) is 29.7 Å². The summed E-state index contributed by atoms with van der Waals surface area (Å²) in [4.78, 5) is 45.6. The second-order valence-corrected chi connectivity index (χ2v) is 11.1. The van der Waals surface area contributed by atoms with E-state index in [2.05, 4.69) is 26.6 Å². The van der Waals surface area contributed by atoms with Crippen molar-refractivity contribution in [2.75, 3.05) is 72.2 Å². The lowest BCUT2D eigenvalue weighted by Gasteiger charge is -2.44. The van der Waals surface area contributed by atoms with Gasteiger partial charge >= 0.3 is 0 Å². The van der Waals surface area contributed by atoms with E-state index in [-0.39, 0.29) is 76.0 Å². The van der Waals surface area contributed by atoms with Crippen molar-refractivity contribution in [3.05, 3.63) is 29.6 Å². The van der Waals surface area contributed by atoms with Gasteiger partial charge in [0, 0.05) is 78.2 Å². The number of amides is 3. The zero-order chi connectivity index (χ0) is 33.1. The van der Waals surface area contributed by atoms with Gasteiger partial charge in [-0.2, -0.15) is 0 Å². The molecule has 0 fully saturated rings. The lowest BCUT2D eigenvalue weighted by molar-refractivity contribution is -0.125. The van der Waals surface area contributed by atoms with E-state index in [0.29, 0.717) is 38.4 Å². The average molecular weight is 642 g/mol. The maximum absolute atomic E-state index is 12.9. The number of rotatable bonds is 18. The molecule has 3 amide bonds. The van der Waals surface area contributed by atoms with Crippen LogP contribution >= 0.6 is 0 Å². The maximum Gasteiger partial charge on any atom is 0.221 e. The van der Waals surface area contributed by atoms with Crippen molar-refractivity contribution in [1.29, 1.82) is 0 Å². The van der Waals surface area contributed by atoms with Gasteiger partial charge in [-0.05, 0) is 25.0 Å². The third kappa shape index (κ3) is 14.0. The molecule has 16 nitrogen and oxygen atoms in total. The van der Waals surface area contributed by atoms with E-state index in [4.69, 9.17) is 20.3 Å². The standard InChI is InChI=1S/C29H51N7O9/c37-18-22(40)15-32-26(43)4-7-29(8-5-27(44)33-16-23(41)19-38)25-3-1-2-21(35-25)14-31-10-9-30-11-13-36(29)12-6-28(45)34-17-24(42)20-39/h1-3,22-24,30-31,37-42H,4-20H2,(H,32,43)(H,33,44)(H,34,45). The topological polar surface area (TPSA) is 249 Å². The number of hydrogen-bond acceptors (Lipinski definition) is 13. The van der Waals surface area contributed by atoms with E-state index < -0.39 is 43.7 Å². The smallest absolute Gasteiger partial charge is 0.221 e. The highest BCUT2D eigenvalue weighted by Gasteiger charge is 2.40. The maximum atomic E-state index is 12.9. The van der Waals surface area contributed by atoms with E-state index >= 15 is 0 Å². The van der Waals surface area contributed by atoms with Gasteiger partial charge in [0.15, 0.2) is 0 Å². The predicted octanol–water partition coefficient (Wildman–Crippen LogP) is -4.37.